The van der Waals surface area contributed by atoms with Crippen molar-refractivity contribution >= 4 is 11.9 Å². The van der Waals surface area contributed by atoms with Crippen LogP contribution in [0.4, 0.5) is 0 Å². The zero-order chi connectivity index (χ0) is 19.0. The number of guanidine groups is 1. The molecule has 1 fully saturated rings. The molecule has 5 heteroatoms. The maximum Gasteiger partial charge on any atom is 0.251 e. The van der Waals surface area contributed by atoms with Gasteiger partial charge in [0.15, 0.2) is 5.96 Å². The van der Waals surface area contributed by atoms with E-state index in [2.05, 4.69) is 40.4 Å². The Kier molecular flexibility index (Phi) is 7.49. The topological polar surface area (TPSA) is 56.7 Å². The monoisotopic (exact) mass is 358 g/mol. The van der Waals surface area contributed by atoms with Gasteiger partial charge < -0.3 is 15.5 Å². The van der Waals surface area contributed by atoms with Crippen molar-refractivity contribution in [2.75, 3.05) is 33.7 Å². The Morgan fingerprint density at radius 1 is 1.38 bits per heavy atom. The lowest BCUT2D eigenvalue weighted by Gasteiger charge is -2.42. The van der Waals surface area contributed by atoms with Crippen LogP contribution >= 0.6 is 0 Å². The molecule has 1 aromatic carbocycles. The first-order chi connectivity index (χ1) is 12.5. The fourth-order valence-corrected chi connectivity index (χ4v) is 3.97. The van der Waals surface area contributed by atoms with E-state index >= 15 is 0 Å². The molecule has 0 aliphatic carbocycles. The molecule has 26 heavy (non-hydrogen) atoms. The van der Waals surface area contributed by atoms with E-state index in [-0.39, 0.29) is 5.91 Å². The first-order valence-electron chi connectivity index (χ1n) is 9.78. The summed E-state index contributed by atoms with van der Waals surface area (Å²) in [7, 11) is 3.52. The highest BCUT2D eigenvalue weighted by molar-refractivity contribution is 5.94. The average molecular weight is 359 g/mol. The van der Waals surface area contributed by atoms with Crippen molar-refractivity contribution in [3.8, 4) is 0 Å². The Labute approximate surface area is 158 Å². The Morgan fingerprint density at radius 2 is 2.19 bits per heavy atom. The number of piperidine rings is 1. The maximum absolute atomic E-state index is 11.8. The molecule has 144 valence electrons. The summed E-state index contributed by atoms with van der Waals surface area (Å²) in [6.07, 6.45) is 5.90. The molecule has 1 heterocycles. The number of hydrogen-bond acceptors (Lipinski definition) is 2. The van der Waals surface area contributed by atoms with Gasteiger partial charge in [0.05, 0.1) is 0 Å². The fraction of sp³-hybridized carbons (Fsp3) is 0.619. The number of rotatable bonds is 6. The summed E-state index contributed by atoms with van der Waals surface area (Å²) < 4.78 is 0. The summed E-state index contributed by atoms with van der Waals surface area (Å²) >= 11 is 0. The first-order valence-corrected chi connectivity index (χ1v) is 9.78. The normalized spacial score (nSPS) is 20.8. The lowest BCUT2D eigenvalue weighted by Crippen LogP contribution is -2.50. The van der Waals surface area contributed by atoms with E-state index in [1.807, 2.05) is 25.2 Å². The zero-order valence-corrected chi connectivity index (χ0v) is 16.8. The van der Waals surface area contributed by atoms with Gasteiger partial charge in [-0.15, -0.1) is 0 Å². The number of hydrogen-bond donors (Lipinski definition) is 2. The third-order valence-corrected chi connectivity index (χ3v) is 5.26. The number of carbonyl (C=O) groups is 1. The van der Waals surface area contributed by atoms with Gasteiger partial charge in [-0.1, -0.05) is 32.4 Å². The van der Waals surface area contributed by atoms with Gasteiger partial charge in [-0.25, -0.2) is 0 Å². The number of likely N-dealkylation sites (tertiary alicyclic amines) is 1. The highest BCUT2D eigenvalue weighted by atomic mass is 16.1. The summed E-state index contributed by atoms with van der Waals surface area (Å²) in [4.78, 5) is 18.7. The van der Waals surface area contributed by atoms with Gasteiger partial charge in [-0.05, 0) is 48.8 Å². The van der Waals surface area contributed by atoms with Crippen LogP contribution in [-0.2, 0) is 6.42 Å². The van der Waals surface area contributed by atoms with Crippen molar-refractivity contribution < 1.29 is 4.79 Å². The van der Waals surface area contributed by atoms with Crippen molar-refractivity contribution in [3.63, 3.8) is 0 Å². The smallest absolute Gasteiger partial charge is 0.251 e. The van der Waals surface area contributed by atoms with E-state index in [0.29, 0.717) is 11.0 Å². The molecule has 2 rings (SSSR count). The third-order valence-electron chi connectivity index (χ3n) is 5.26. The summed E-state index contributed by atoms with van der Waals surface area (Å²) in [6.45, 7) is 7.63. The number of carbonyl (C=O) groups excluding carboxylic acids is 1. The molecule has 1 unspecified atom stereocenters. The first kappa shape index (κ1) is 20.3. The predicted octanol–water partition coefficient (Wildman–Crippen LogP) is 3.07. The summed E-state index contributed by atoms with van der Waals surface area (Å²) in [5.41, 5.74) is 2.26. The number of nitrogens with zero attached hydrogens (tertiary/aromatic N) is 2. The van der Waals surface area contributed by atoms with E-state index in [1.54, 1.807) is 7.05 Å². The number of aliphatic imine (C=N–C) groups is 1. The van der Waals surface area contributed by atoms with E-state index in [0.717, 1.165) is 37.6 Å². The maximum atomic E-state index is 11.8. The van der Waals surface area contributed by atoms with E-state index in [1.165, 1.54) is 25.7 Å². The fourth-order valence-electron chi connectivity index (χ4n) is 3.97. The lowest BCUT2D eigenvalue weighted by atomic mass is 9.78. The molecule has 0 aromatic heterocycles. The Bertz CT molecular complexity index is 624. The van der Waals surface area contributed by atoms with Crippen LogP contribution in [0, 0.1) is 5.41 Å². The molecule has 0 spiro atoms. The predicted molar refractivity (Wildman–Crippen MR) is 109 cm³/mol. The lowest BCUT2D eigenvalue weighted by molar-refractivity contribution is 0.0963. The molecule has 1 saturated heterocycles. The molecule has 0 radical (unpaired) electrons. The minimum Gasteiger partial charge on any atom is -0.356 e. The van der Waals surface area contributed by atoms with Crippen LogP contribution in [0.1, 0.15) is 55.5 Å². The van der Waals surface area contributed by atoms with Crippen molar-refractivity contribution in [2.45, 2.75) is 46.0 Å². The zero-order valence-electron chi connectivity index (χ0n) is 16.8. The van der Waals surface area contributed by atoms with Gasteiger partial charge in [0, 0.05) is 39.3 Å². The van der Waals surface area contributed by atoms with Crippen molar-refractivity contribution in [3.05, 3.63) is 35.4 Å². The molecule has 1 aliphatic rings. The van der Waals surface area contributed by atoms with Crippen LogP contribution in [0.5, 0.6) is 0 Å². The molecule has 0 bridgehead atoms. The van der Waals surface area contributed by atoms with Crippen molar-refractivity contribution in [1.82, 2.24) is 15.5 Å². The molecule has 2 N–H and O–H groups in total. The third kappa shape index (κ3) is 5.48. The van der Waals surface area contributed by atoms with Gasteiger partial charge in [0.25, 0.3) is 5.91 Å². The molecule has 1 aromatic rings. The Hall–Kier alpha value is -2.04. The SMILES string of the molecule is CCCC1(C)CCCN(C(=NC)NCCc2cccc(C(=O)NC)c2)C1. The molecule has 1 aliphatic heterocycles. The molecule has 5 nitrogen and oxygen atoms in total. The van der Waals surface area contributed by atoms with Crippen LogP contribution in [0.15, 0.2) is 29.3 Å². The number of amides is 1. The quantitative estimate of drug-likeness (QED) is 0.607. The Morgan fingerprint density at radius 3 is 2.88 bits per heavy atom. The van der Waals surface area contributed by atoms with Crippen LogP contribution in [-0.4, -0.2) is 50.5 Å². The van der Waals surface area contributed by atoms with Crippen molar-refractivity contribution in [2.24, 2.45) is 10.4 Å². The molecule has 0 saturated carbocycles. The van der Waals surface area contributed by atoms with Gasteiger partial charge in [0.2, 0.25) is 0 Å². The summed E-state index contributed by atoms with van der Waals surface area (Å²) in [5, 5.41) is 6.18. The largest absolute Gasteiger partial charge is 0.356 e. The minimum atomic E-state index is -0.0425. The average Bonchev–Trinajstić information content (AvgIpc) is 2.64. The van der Waals surface area contributed by atoms with E-state index in [4.69, 9.17) is 0 Å². The highest BCUT2D eigenvalue weighted by Gasteiger charge is 2.31. The van der Waals surface area contributed by atoms with Crippen LogP contribution in [0.2, 0.25) is 0 Å². The van der Waals surface area contributed by atoms with Gasteiger partial charge in [-0.3, -0.25) is 9.79 Å². The summed E-state index contributed by atoms with van der Waals surface area (Å²) in [5.74, 6) is 0.952. The molecular weight excluding hydrogens is 324 g/mol. The van der Waals surface area contributed by atoms with E-state index < -0.39 is 0 Å². The van der Waals surface area contributed by atoms with E-state index in [9.17, 15) is 4.79 Å². The van der Waals surface area contributed by atoms with Crippen LogP contribution < -0.4 is 10.6 Å². The number of nitrogens with one attached hydrogen (secondary N) is 2. The molecular formula is C21H34N4O. The second-order valence-corrected chi connectivity index (χ2v) is 7.59. The van der Waals surface area contributed by atoms with Gasteiger partial charge >= 0.3 is 0 Å². The summed E-state index contributed by atoms with van der Waals surface area (Å²) in [6, 6.07) is 7.81. The van der Waals surface area contributed by atoms with Crippen molar-refractivity contribution in [1.29, 1.82) is 0 Å². The number of benzene rings is 1. The standard InChI is InChI=1S/C21H34N4O/c1-5-11-21(2)12-7-14-25(16-21)20(23-4)24-13-10-17-8-6-9-18(15-17)19(26)22-3/h6,8-9,15H,5,7,10-14,16H2,1-4H3,(H,22,26)(H,23,24). The Balaban J connectivity index is 1.90. The molecule has 1 amide bonds. The second-order valence-electron chi connectivity index (χ2n) is 7.59. The van der Waals surface area contributed by atoms with Gasteiger partial charge in [0.1, 0.15) is 0 Å². The van der Waals surface area contributed by atoms with Crippen LogP contribution in [0.25, 0.3) is 0 Å². The van der Waals surface area contributed by atoms with Crippen LogP contribution in [0.3, 0.4) is 0 Å². The highest BCUT2D eigenvalue weighted by Crippen LogP contribution is 2.33. The minimum absolute atomic E-state index is 0.0425. The second kappa shape index (κ2) is 9.60. The van der Waals surface area contributed by atoms with Gasteiger partial charge in [-0.2, -0.15) is 0 Å². The molecule has 1 atom stereocenters.